The molecule has 7 heteroatoms. The molecule has 0 saturated carbocycles. The lowest BCUT2D eigenvalue weighted by molar-refractivity contribution is 0.465. The van der Waals surface area contributed by atoms with Crippen molar-refractivity contribution < 1.29 is 20.5 Å². The summed E-state index contributed by atoms with van der Waals surface area (Å²) >= 11 is 0. The minimum absolute atomic E-state index is 0.306. The van der Waals surface area contributed by atoms with E-state index in [0.29, 0.717) is 11.1 Å². The van der Waals surface area contributed by atoms with E-state index in [1.807, 2.05) is 0 Å². The summed E-state index contributed by atoms with van der Waals surface area (Å²) in [6.07, 6.45) is 0. The summed E-state index contributed by atoms with van der Waals surface area (Å²) in [5.41, 5.74) is 0.612. The highest BCUT2D eigenvalue weighted by Crippen LogP contribution is 2.08. The van der Waals surface area contributed by atoms with Crippen LogP contribution < -0.4 is 0 Å². The van der Waals surface area contributed by atoms with Crippen LogP contribution in [0.25, 0.3) is 0 Å². The normalized spacial score (nSPS) is 12.4. The molecule has 0 atom stereocenters. The molecule has 0 radical (unpaired) electrons. The Bertz CT molecular complexity index is 411. The van der Waals surface area contributed by atoms with Gasteiger partial charge in [0.1, 0.15) is 0 Å². The third-order valence-electron chi connectivity index (χ3n) is 1.05. The predicted molar refractivity (Wildman–Crippen MR) is 58.3 cm³/mol. The molecule has 0 aromatic rings. The van der Waals surface area contributed by atoms with Gasteiger partial charge in [-0.25, -0.2) is 0 Å². The van der Waals surface area contributed by atoms with Crippen molar-refractivity contribution >= 4 is 20.2 Å². The third kappa shape index (κ3) is 7.29. The van der Waals surface area contributed by atoms with Gasteiger partial charge in [0.2, 0.25) is 0 Å². The van der Waals surface area contributed by atoms with Crippen molar-refractivity contribution in [3.63, 3.8) is 0 Å². The first-order valence-corrected chi connectivity index (χ1v) is 7.15. The zero-order valence-corrected chi connectivity index (χ0v) is 10.3. The fraction of sp³-hybridized carbons (Fsp3) is 0.500. The van der Waals surface area contributed by atoms with Crippen LogP contribution in [0.4, 0.5) is 0 Å². The van der Waals surface area contributed by atoms with Gasteiger partial charge in [0.05, 0.1) is 11.5 Å². The molecule has 0 saturated heterocycles. The highest BCUT2D eigenvalue weighted by molar-refractivity contribution is 8.00. The van der Waals surface area contributed by atoms with Crippen LogP contribution in [0.2, 0.25) is 0 Å². The Morgan fingerprint density at radius 1 is 0.933 bits per heavy atom. The van der Waals surface area contributed by atoms with Crippen molar-refractivity contribution in [3.05, 3.63) is 24.3 Å². The largest absolute Gasteiger partial charge is 0.285 e. The average molecular weight is 254 g/mol. The van der Waals surface area contributed by atoms with Crippen molar-refractivity contribution in [2.45, 2.75) is 13.8 Å². The van der Waals surface area contributed by atoms with Gasteiger partial charge in [-0.05, 0) is 13.8 Å². The van der Waals surface area contributed by atoms with Crippen LogP contribution in [0.15, 0.2) is 24.3 Å². The molecule has 0 spiro atoms. The van der Waals surface area contributed by atoms with E-state index in [1.165, 1.54) is 13.8 Å². The first kappa shape index (κ1) is 14.3. The van der Waals surface area contributed by atoms with E-state index in [2.05, 4.69) is 16.8 Å². The Morgan fingerprint density at radius 3 is 1.40 bits per heavy atom. The first-order valence-electron chi connectivity index (χ1n) is 3.99. The first-order chi connectivity index (χ1) is 6.54. The van der Waals surface area contributed by atoms with Crippen LogP contribution in [-0.4, -0.2) is 28.3 Å². The van der Waals surface area contributed by atoms with Crippen LogP contribution in [0.3, 0.4) is 0 Å². The Kier molecular flexibility index (Phi) is 4.69. The highest BCUT2D eigenvalue weighted by Gasteiger charge is 2.22. The number of rotatable bonds is 6. The maximum Gasteiger partial charge on any atom is 0.285 e. The van der Waals surface area contributed by atoms with Crippen molar-refractivity contribution in [2.24, 2.45) is 0 Å². The summed E-state index contributed by atoms with van der Waals surface area (Å²) < 4.78 is 48.7. The van der Waals surface area contributed by atoms with Crippen LogP contribution in [0.1, 0.15) is 13.8 Å². The van der Waals surface area contributed by atoms with E-state index in [4.69, 9.17) is 0 Å². The van der Waals surface area contributed by atoms with Gasteiger partial charge in [-0.2, -0.15) is 16.8 Å². The molecule has 0 aliphatic heterocycles. The lowest BCUT2D eigenvalue weighted by Crippen LogP contribution is -2.19. The Morgan fingerprint density at radius 2 is 1.20 bits per heavy atom. The molecular weight excluding hydrogens is 240 g/mol. The molecule has 0 fully saturated rings. The van der Waals surface area contributed by atoms with Crippen molar-refractivity contribution in [1.82, 2.24) is 0 Å². The minimum atomic E-state index is -4.11. The molecule has 0 heterocycles. The van der Waals surface area contributed by atoms with Gasteiger partial charge in [0.15, 0.2) is 0 Å². The van der Waals surface area contributed by atoms with Crippen LogP contribution in [0, 0.1) is 0 Å². The number of hydrogen-bond acceptors (Lipinski definition) is 5. The van der Waals surface area contributed by atoms with E-state index < -0.39 is 31.7 Å². The minimum Gasteiger partial charge on any atom is -0.198 e. The zero-order chi connectivity index (χ0) is 12.3. The molecule has 0 aromatic heterocycles. The van der Waals surface area contributed by atoms with Crippen LogP contribution in [0.5, 0.6) is 0 Å². The summed E-state index contributed by atoms with van der Waals surface area (Å²) in [5, 5.41) is 0. The predicted octanol–water partition coefficient (Wildman–Crippen LogP) is 0.815. The topological polar surface area (TPSA) is 77.5 Å². The number of hydrogen-bond donors (Lipinski definition) is 0. The van der Waals surface area contributed by atoms with Crippen LogP contribution >= 0.6 is 0 Å². The maximum absolute atomic E-state index is 11.1. The van der Waals surface area contributed by atoms with Gasteiger partial charge < -0.3 is 0 Å². The van der Waals surface area contributed by atoms with E-state index >= 15 is 0 Å². The smallest absolute Gasteiger partial charge is 0.198 e. The van der Waals surface area contributed by atoms with Gasteiger partial charge in [-0.1, -0.05) is 24.3 Å². The fourth-order valence-electron chi connectivity index (χ4n) is 0.810. The summed E-state index contributed by atoms with van der Waals surface area (Å²) in [6, 6.07) is 0. The van der Waals surface area contributed by atoms with E-state index in [9.17, 15) is 16.8 Å². The van der Waals surface area contributed by atoms with Crippen molar-refractivity contribution in [2.75, 3.05) is 11.5 Å². The Hall–Kier alpha value is -0.660. The fourth-order valence-corrected chi connectivity index (χ4v) is 3.67. The van der Waals surface area contributed by atoms with Crippen molar-refractivity contribution in [3.8, 4) is 0 Å². The van der Waals surface area contributed by atoms with Gasteiger partial charge in [-0.15, -0.1) is 3.63 Å². The molecular formula is C8H14O5S2. The molecule has 0 bridgehead atoms. The van der Waals surface area contributed by atoms with Gasteiger partial charge in [0, 0.05) is 0 Å². The van der Waals surface area contributed by atoms with Gasteiger partial charge in [-0.3, -0.25) is 0 Å². The molecule has 15 heavy (non-hydrogen) atoms. The monoisotopic (exact) mass is 254 g/mol. The SMILES string of the molecule is C=C(C)CS(=O)(=O)OS(=O)(=O)CC(=C)C. The van der Waals surface area contributed by atoms with Crippen molar-refractivity contribution in [1.29, 1.82) is 0 Å². The second-order valence-corrected chi connectivity index (χ2v) is 6.74. The summed E-state index contributed by atoms with van der Waals surface area (Å²) in [4.78, 5) is 0. The molecule has 0 aliphatic rings. The molecule has 0 unspecified atom stereocenters. The second kappa shape index (κ2) is 4.91. The third-order valence-corrected chi connectivity index (χ3v) is 4.41. The maximum atomic E-state index is 11.1. The standard InChI is InChI=1S/C8H14O5S2/c1-7(2)5-14(9,10)13-15(11,12)6-8(3)4/h1,3,5-6H2,2,4H3. The molecule has 0 N–H and O–H groups in total. The quantitative estimate of drug-likeness (QED) is 0.656. The zero-order valence-electron chi connectivity index (χ0n) is 8.69. The highest BCUT2D eigenvalue weighted by atomic mass is 32.3. The van der Waals surface area contributed by atoms with Gasteiger partial charge >= 0.3 is 0 Å². The Labute approximate surface area is 90.7 Å². The van der Waals surface area contributed by atoms with E-state index in [-0.39, 0.29) is 0 Å². The summed E-state index contributed by atoms with van der Waals surface area (Å²) in [7, 11) is -8.23. The van der Waals surface area contributed by atoms with Crippen LogP contribution in [-0.2, 0) is 23.9 Å². The molecule has 0 amide bonds. The van der Waals surface area contributed by atoms with E-state index in [0.717, 1.165) is 0 Å². The lowest BCUT2D eigenvalue weighted by atomic mass is 10.4. The molecule has 88 valence electrons. The Balaban J connectivity index is 4.74. The summed E-state index contributed by atoms with van der Waals surface area (Å²) in [6.45, 7) is 9.65. The lowest BCUT2D eigenvalue weighted by Gasteiger charge is -2.05. The molecule has 5 nitrogen and oxygen atoms in total. The van der Waals surface area contributed by atoms with Gasteiger partial charge in [0.25, 0.3) is 20.2 Å². The molecule has 0 aromatic carbocycles. The second-order valence-electron chi connectivity index (χ2n) is 3.39. The summed E-state index contributed by atoms with van der Waals surface area (Å²) in [5.74, 6) is -1.02. The average Bonchev–Trinajstić information content (AvgIpc) is 1.73. The molecule has 0 rings (SSSR count). The molecule has 0 aliphatic carbocycles. The van der Waals surface area contributed by atoms with E-state index in [1.54, 1.807) is 0 Å².